The highest BCUT2D eigenvalue weighted by Crippen LogP contribution is 2.39. The Bertz CT molecular complexity index is 566. The van der Waals surface area contributed by atoms with Crippen molar-refractivity contribution < 1.29 is 9.31 Å². The fourth-order valence-electron chi connectivity index (χ4n) is 2.25. The van der Waals surface area contributed by atoms with Crippen LogP contribution in [0.4, 0.5) is 0 Å². The Hall–Kier alpha value is -1.57. The summed E-state index contributed by atoms with van der Waals surface area (Å²) in [6.45, 7) is 10.2. The zero-order valence-corrected chi connectivity index (χ0v) is 13.4. The predicted octanol–water partition coefficient (Wildman–Crippen LogP) is 3.68. The number of hydrogen-bond donors (Lipinski definition) is 0. The molecule has 21 heavy (non-hydrogen) atoms. The molecule has 0 aromatic heterocycles. The van der Waals surface area contributed by atoms with Crippen LogP contribution in [0.2, 0.25) is 0 Å². The molecule has 0 spiro atoms. The normalized spacial score (nSPS) is 20.4. The van der Waals surface area contributed by atoms with E-state index in [0.717, 1.165) is 17.5 Å². The summed E-state index contributed by atoms with van der Waals surface area (Å²) in [5.41, 5.74) is 2.29. The molecule has 0 unspecified atom stereocenters. The molecule has 3 nitrogen and oxygen atoms in total. The molecule has 110 valence electrons. The van der Waals surface area contributed by atoms with Gasteiger partial charge in [0.1, 0.15) is 0 Å². The van der Waals surface area contributed by atoms with Crippen molar-refractivity contribution in [2.45, 2.75) is 52.2 Å². The van der Waals surface area contributed by atoms with Crippen LogP contribution in [0.15, 0.2) is 35.8 Å². The predicted molar refractivity (Wildman–Crippen MR) is 84.7 cm³/mol. The summed E-state index contributed by atoms with van der Waals surface area (Å²) in [5, 5.41) is 8.84. The van der Waals surface area contributed by atoms with E-state index in [2.05, 4.69) is 39.8 Å². The average molecular weight is 283 g/mol. The molecule has 4 heteroatoms. The van der Waals surface area contributed by atoms with Crippen molar-refractivity contribution in [3.8, 4) is 6.07 Å². The van der Waals surface area contributed by atoms with Crippen LogP contribution >= 0.6 is 0 Å². The van der Waals surface area contributed by atoms with Gasteiger partial charge in [0, 0.05) is 0 Å². The number of rotatable bonds is 3. The molecule has 1 aromatic carbocycles. The maximum Gasteiger partial charge on any atom is 0.490 e. The monoisotopic (exact) mass is 283 g/mol. The van der Waals surface area contributed by atoms with Gasteiger partial charge in [-0.25, -0.2) is 0 Å². The van der Waals surface area contributed by atoms with Crippen LogP contribution < -0.4 is 0 Å². The second kappa shape index (κ2) is 5.67. The molecule has 1 heterocycles. The topological polar surface area (TPSA) is 42.2 Å². The SMILES string of the molecule is C/C=C(\Cc1ccc(C#N)cc1)B1OC(C)(C)C(C)(C)O1. The van der Waals surface area contributed by atoms with Gasteiger partial charge in [-0.05, 0) is 64.2 Å². The van der Waals surface area contributed by atoms with Gasteiger partial charge >= 0.3 is 7.12 Å². The lowest BCUT2D eigenvalue weighted by atomic mass is 9.74. The van der Waals surface area contributed by atoms with E-state index in [1.165, 1.54) is 0 Å². The number of nitriles is 1. The van der Waals surface area contributed by atoms with E-state index >= 15 is 0 Å². The molecule has 0 bridgehead atoms. The summed E-state index contributed by atoms with van der Waals surface area (Å²) in [6.07, 6.45) is 2.82. The summed E-state index contributed by atoms with van der Waals surface area (Å²) in [7, 11) is -0.310. The first kappa shape index (κ1) is 15.8. The van der Waals surface area contributed by atoms with Gasteiger partial charge in [0.25, 0.3) is 0 Å². The second-order valence-corrected chi connectivity index (χ2v) is 6.44. The van der Waals surface area contributed by atoms with Gasteiger partial charge < -0.3 is 9.31 Å². The minimum Gasteiger partial charge on any atom is -0.400 e. The Morgan fingerprint density at radius 1 is 1.14 bits per heavy atom. The van der Waals surface area contributed by atoms with Crippen LogP contribution in [-0.2, 0) is 15.7 Å². The molecule has 2 rings (SSSR count). The first-order chi connectivity index (χ1) is 9.79. The number of hydrogen-bond acceptors (Lipinski definition) is 3. The van der Waals surface area contributed by atoms with Gasteiger partial charge in [-0.3, -0.25) is 0 Å². The first-order valence-corrected chi connectivity index (χ1v) is 7.29. The Balaban J connectivity index is 2.13. The second-order valence-electron chi connectivity index (χ2n) is 6.44. The lowest BCUT2D eigenvalue weighted by Gasteiger charge is -2.32. The van der Waals surface area contributed by atoms with Crippen molar-refractivity contribution in [2.24, 2.45) is 0 Å². The van der Waals surface area contributed by atoms with Crippen LogP contribution in [0, 0.1) is 11.3 Å². The lowest BCUT2D eigenvalue weighted by molar-refractivity contribution is 0.00578. The minimum absolute atomic E-state index is 0.310. The molecular weight excluding hydrogens is 261 g/mol. The maximum absolute atomic E-state index is 8.84. The van der Waals surface area contributed by atoms with Crippen molar-refractivity contribution in [2.75, 3.05) is 0 Å². The van der Waals surface area contributed by atoms with Crippen LogP contribution in [-0.4, -0.2) is 18.3 Å². The highest BCUT2D eigenvalue weighted by molar-refractivity contribution is 6.54. The van der Waals surface area contributed by atoms with E-state index in [1.807, 2.05) is 31.2 Å². The standard InChI is InChI=1S/C17H22BNO2/c1-6-15(11-13-7-9-14(12-19)10-8-13)18-20-16(2,3)17(4,5)21-18/h6-10H,11H2,1-5H3/b15-6+. The summed E-state index contributed by atoms with van der Waals surface area (Å²) in [5.74, 6) is 0. The maximum atomic E-state index is 8.84. The third-order valence-corrected chi connectivity index (χ3v) is 4.42. The molecule has 0 saturated carbocycles. The zero-order chi connectivity index (χ0) is 15.7. The van der Waals surface area contributed by atoms with Crippen molar-refractivity contribution in [3.63, 3.8) is 0 Å². The lowest BCUT2D eigenvalue weighted by Crippen LogP contribution is -2.41. The van der Waals surface area contributed by atoms with Gasteiger partial charge in [0.15, 0.2) is 0 Å². The quantitative estimate of drug-likeness (QED) is 0.795. The van der Waals surface area contributed by atoms with E-state index in [9.17, 15) is 0 Å². The number of allylic oxidation sites excluding steroid dienone is 2. The largest absolute Gasteiger partial charge is 0.490 e. The summed E-state index contributed by atoms with van der Waals surface area (Å²) in [6, 6.07) is 9.77. The summed E-state index contributed by atoms with van der Waals surface area (Å²) >= 11 is 0. The highest BCUT2D eigenvalue weighted by Gasteiger charge is 2.52. The van der Waals surface area contributed by atoms with E-state index < -0.39 is 0 Å². The van der Waals surface area contributed by atoms with Gasteiger partial charge in [-0.1, -0.05) is 18.2 Å². The van der Waals surface area contributed by atoms with E-state index in [1.54, 1.807) is 0 Å². The molecule has 0 atom stereocenters. The van der Waals surface area contributed by atoms with Gasteiger partial charge in [0.05, 0.1) is 22.8 Å². The smallest absolute Gasteiger partial charge is 0.400 e. The van der Waals surface area contributed by atoms with Crippen molar-refractivity contribution in [3.05, 3.63) is 46.9 Å². The van der Waals surface area contributed by atoms with Crippen molar-refractivity contribution in [1.82, 2.24) is 0 Å². The first-order valence-electron chi connectivity index (χ1n) is 7.29. The molecule has 1 aliphatic rings. The van der Waals surface area contributed by atoms with Crippen molar-refractivity contribution in [1.29, 1.82) is 5.26 Å². The Morgan fingerprint density at radius 3 is 2.10 bits per heavy atom. The van der Waals surface area contributed by atoms with Crippen LogP contribution in [0.25, 0.3) is 0 Å². The summed E-state index contributed by atoms with van der Waals surface area (Å²) in [4.78, 5) is 0. The van der Waals surface area contributed by atoms with Gasteiger partial charge in [-0.2, -0.15) is 5.26 Å². The average Bonchev–Trinajstić information content (AvgIpc) is 2.65. The van der Waals surface area contributed by atoms with Crippen LogP contribution in [0.1, 0.15) is 45.7 Å². The van der Waals surface area contributed by atoms with E-state index in [4.69, 9.17) is 14.6 Å². The highest BCUT2D eigenvalue weighted by atomic mass is 16.7. The van der Waals surface area contributed by atoms with Crippen LogP contribution in [0.5, 0.6) is 0 Å². The molecule has 0 aliphatic carbocycles. The molecule has 0 amide bonds. The van der Waals surface area contributed by atoms with E-state index in [0.29, 0.717) is 5.56 Å². The molecule has 1 fully saturated rings. The molecule has 1 aliphatic heterocycles. The third-order valence-electron chi connectivity index (χ3n) is 4.42. The molecule has 0 N–H and O–H groups in total. The number of nitrogens with zero attached hydrogens (tertiary/aromatic N) is 1. The Kier molecular flexibility index (Phi) is 4.27. The zero-order valence-electron chi connectivity index (χ0n) is 13.4. The number of benzene rings is 1. The van der Waals surface area contributed by atoms with E-state index in [-0.39, 0.29) is 18.3 Å². The van der Waals surface area contributed by atoms with Gasteiger partial charge in [0.2, 0.25) is 0 Å². The fraction of sp³-hybridized carbons (Fsp3) is 0.471. The molecular formula is C17H22BNO2. The van der Waals surface area contributed by atoms with Crippen molar-refractivity contribution >= 4 is 7.12 Å². The summed E-state index contributed by atoms with van der Waals surface area (Å²) < 4.78 is 12.2. The molecule has 1 saturated heterocycles. The molecule has 0 radical (unpaired) electrons. The third kappa shape index (κ3) is 3.20. The molecule has 1 aromatic rings. The Labute approximate surface area is 127 Å². The van der Waals surface area contributed by atoms with Gasteiger partial charge in [-0.15, -0.1) is 0 Å². The van der Waals surface area contributed by atoms with Crippen LogP contribution in [0.3, 0.4) is 0 Å². The Morgan fingerprint density at radius 2 is 1.67 bits per heavy atom. The fourth-order valence-corrected chi connectivity index (χ4v) is 2.25. The minimum atomic E-state index is -0.323.